The predicted molar refractivity (Wildman–Crippen MR) is 75.3 cm³/mol. The molecule has 6 heteroatoms. The standard InChI is InChI=1S/C12H15N3OS2/c1-15-8-13-14-12(15)18-7-9-4-5-11(17-3)10(6-9)16-2/h4-6,8H,7H2,1-3H3. The van der Waals surface area contributed by atoms with Gasteiger partial charge in [-0.05, 0) is 24.0 Å². The highest BCUT2D eigenvalue weighted by Crippen LogP contribution is 2.30. The summed E-state index contributed by atoms with van der Waals surface area (Å²) in [6.07, 6.45) is 3.76. The van der Waals surface area contributed by atoms with E-state index in [1.165, 1.54) is 5.56 Å². The van der Waals surface area contributed by atoms with Crippen molar-refractivity contribution in [2.24, 2.45) is 7.05 Å². The van der Waals surface area contributed by atoms with Gasteiger partial charge in [-0.15, -0.1) is 22.0 Å². The smallest absolute Gasteiger partial charge is 0.191 e. The number of aromatic nitrogens is 3. The van der Waals surface area contributed by atoms with E-state index >= 15 is 0 Å². The summed E-state index contributed by atoms with van der Waals surface area (Å²) in [5.74, 6) is 1.79. The topological polar surface area (TPSA) is 39.9 Å². The fourth-order valence-electron chi connectivity index (χ4n) is 1.52. The average Bonchev–Trinajstić information content (AvgIpc) is 2.81. The molecule has 4 nitrogen and oxygen atoms in total. The minimum atomic E-state index is 0.859. The van der Waals surface area contributed by atoms with Crippen LogP contribution in [-0.4, -0.2) is 28.1 Å². The molecule has 2 aromatic rings. The fraction of sp³-hybridized carbons (Fsp3) is 0.333. The Balaban J connectivity index is 2.08. The van der Waals surface area contributed by atoms with Gasteiger partial charge in [0.15, 0.2) is 5.16 Å². The maximum absolute atomic E-state index is 5.37. The lowest BCUT2D eigenvalue weighted by atomic mass is 10.2. The average molecular weight is 281 g/mol. The van der Waals surface area contributed by atoms with Crippen molar-refractivity contribution in [2.45, 2.75) is 15.8 Å². The van der Waals surface area contributed by atoms with E-state index in [1.54, 1.807) is 37.0 Å². The molecule has 0 saturated heterocycles. The molecule has 0 spiro atoms. The molecular weight excluding hydrogens is 266 g/mol. The third-order valence-corrected chi connectivity index (χ3v) is 4.37. The van der Waals surface area contributed by atoms with Gasteiger partial charge in [0.1, 0.15) is 12.1 Å². The zero-order chi connectivity index (χ0) is 13.0. The Labute approximate surface area is 115 Å². The lowest BCUT2D eigenvalue weighted by molar-refractivity contribution is 0.404. The first kappa shape index (κ1) is 13.3. The SMILES string of the molecule is COc1cc(CSc2nncn2C)ccc1SC. The number of methoxy groups -OCH3 is 1. The van der Waals surface area contributed by atoms with Crippen LogP contribution in [0.15, 0.2) is 34.6 Å². The number of rotatable bonds is 5. The van der Waals surface area contributed by atoms with E-state index in [-0.39, 0.29) is 0 Å². The maximum atomic E-state index is 5.37. The van der Waals surface area contributed by atoms with Crippen molar-refractivity contribution in [3.05, 3.63) is 30.1 Å². The van der Waals surface area contributed by atoms with Crippen LogP contribution in [0.2, 0.25) is 0 Å². The first-order valence-corrected chi connectivity index (χ1v) is 7.63. The van der Waals surface area contributed by atoms with Crippen LogP contribution in [0, 0.1) is 0 Å². The minimum Gasteiger partial charge on any atom is -0.496 e. The monoisotopic (exact) mass is 281 g/mol. The second-order valence-corrected chi connectivity index (χ2v) is 5.49. The molecule has 0 N–H and O–H groups in total. The first-order valence-electron chi connectivity index (χ1n) is 5.42. The van der Waals surface area contributed by atoms with Crippen molar-refractivity contribution in [1.29, 1.82) is 0 Å². The minimum absolute atomic E-state index is 0.859. The number of ether oxygens (including phenoxy) is 1. The van der Waals surface area contributed by atoms with Gasteiger partial charge in [-0.1, -0.05) is 17.8 Å². The number of nitrogens with zero attached hydrogens (tertiary/aromatic N) is 3. The zero-order valence-corrected chi connectivity index (χ0v) is 12.2. The van der Waals surface area contributed by atoms with Crippen molar-refractivity contribution in [3.8, 4) is 5.75 Å². The molecule has 2 rings (SSSR count). The van der Waals surface area contributed by atoms with Crippen LogP contribution in [0.5, 0.6) is 5.75 Å². The van der Waals surface area contributed by atoms with Crippen LogP contribution >= 0.6 is 23.5 Å². The molecule has 1 aromatic carbocycles. The highest BCUT2D eigenvalue weighted by Gasteiger charge is 2.06. The van der Waals surface area contributed by atoms with E-state index in [9.17, 15) is 0 Å². The van der Waals surface area contributed by atoms with Gasteiger partial charge in [-0.2, -0.15) is 0 Å². The highest BCUT2D eigenvalue weighted by atomic mass is 32.2. The molecule has 0 radical (unpaired) electrons. The Bertz CT molecular complexity index is 528. The fourth-order valence-corrected chi connectivity index (χ4v) is 2.90. The summed E-state index contributed by atoms with van der Waals surface area (Å²) in [7, 11) is 3.65. The van der Waals surface area contributed by atoms with Crippen molar-refractivity contribution in [2.75, 3.05) is 13.4 Å². The van der Waals surface area contributed by atoms with Crippen molar-refractivity contribution in [1.82, 2.24) is 14.8 Å². The summed E-state index contributed by atoms with van der Waals surface area (Å²) in [4.78, 5) is 1.16. The molecular formula is C12H15N3OS2. The van der Waals surface area contributed by atoms with Gasteiger partial charge in [0.25, 0.3) is 0 Å². The Morgan fingerprint density at radius 3 is 2.83 bits per heavy atom. The van der Waals surface area contributed by atoms with Gasteiger partial charge < -0.3 is 9.30 Å². The predicted octanol–water partition coefficient (Wildman–Crippen LogP) is 2.84. The summed E-state index contributed by atoms with van der Waals surface area (Å²) in [5.41, 5.74) is 1.22. The van der Waals surface area contributed by atoms with Gasteiger partial charge in [0, 0.05) is 17.7 Å². The summed E-state index contributed by atoms with van der Waals surface area (Å²) in [5, 5.41) is 8.83. The second kappa shape index (κ2) is 6.15. The summed E-state index contributed by atoms with van der Waals surface area (Å²) >= 11 is 3.36. The first-order chi connectivity index (χ1) is 8.74. The molecule has 0 bridgehead atoms. The van der Waals surface area contributed by atoms with Crippen LogP contribution in [0.4, 0.5) is 0 Å². The second-order valence-electron chi connectivity index (χ2n) is 3.70. The Morgan fingerprint density at radius 1 is 1.39 bits per heavy atom. The number of thioether (sulfide) groups is 2. The van der Waals surface area contributed by atoms with E-state index in [2.05, 4.69) is 28.4 Å². The van der Waals surface area contributed by atoms with Crippen LogP contribution < -0.4 is 4.74 Å². The molecule has 0 aliphatic carbocycles. The Morgan fingerprint density at radius 2 is 2.22 bits per heavy atom. The molecule has 18 heavy (non-hydrogen) atoms. The zero-order valence-electron chi connectivity index (χ0n) is 10.6. The quantitative estimate of drug-likeness (QED) is 0.788. The van der Waals surface area contributed by atoms with Crippen LogP contribution in [0.3, 0.4) is 0 Å². The van der Waals surface area contributed by atoms with E-state index in [4.69, 9.17) is 4.74 Å². The molecule has 0 aliphatic rings. The van der Waals surface area contributed by atoms with E-state index < -0.39 is 0 Å². The molecule has 0 aliphatic heterocycles. The number of aryl methyl sites for hydroxylation is 1. The number of hydrogen-bond acceptors (Lipinski definition) is 5. The van der Waals surface area contributed by atoms with Gasteiger partial charge in [-0.3, -0.25) is 0 Å². The van der Waals surface area contributed by atoms with Gasteiger partial charge >= 0.3 is 0 Å². The number of hydrogen-bond donors (Lipinski definition) is 0. The van der Waals surface area contributed by atoms with E-state index in [0.717, 1.165) is 21.6 Å². The molecule has 0 fully saturated rings. The highest BCUT2D eigenvalue weighted by molar-refractivity contribution is 7.98. The third kappa shape index (κ3) is 3.00. The largest absolute Gasteiger partial charge is 0.496 e. The van der Waals surface area contributed by atoms with Gasteiger partial charge in [0.05, 0.1) is 7.11 Å². The number of benzene rings is 1. The maximum Gasteiger partial charge on any atom is 0.191 e. The molecule has 0 saturated carbocycles. The Kier molecular flexibility index (Phi) is 4.54. The van der Waals surface area contributed by atoms with Crippen molar-refractivity contribution < 1.29 is 4.74 Å². The lowest BCUT2D eigenvalue weighted by Gasteiger charge is -2.08. The third-order valence-electron chi connectivity index (χ3n) is 2.49. The lowest BCUT2D eigenvalue weighted by Crippen LogP contribution is -1.91. The molecule has 0 unspecified atom stereocenters. The molecule has 0 atom stereocenters. The van der Waals surface area contributed by atoms with E-state index in [1.807, 2.05) is 17.9 Å². The molecule has 1 aromatic heterocycles. The molecule has 96 valence electrons. The molecule has 1 heterocycles. The van der Waals surface area contributed by atoms with Crippen LogP contribution in [0.1, 0.15) is 5.56 Å². The summed E-state index contributed by atoms with van der Waals surface area (Å²) < 4.78 is 7.29. The Hall–Kier alpha value is -1.14. The van der Waals surface area contributed by atoms with Crippen LogP contribution in [0.25, 0.3) is 0 Å². The normalized spacial score (nSPS) is 10.6. The van der Waals surface area contributed by atoms with Crippen molar-refractivity contribution >= 4 is 23.5 Å². The van der Waals surface area contributed by atoms with Gasteiger partial charge in [0.2, 0.25) is 0 Å². The van der Waals surface area contributed by atoms with Crippen LogP contribution in [-0.2, 0) is 12.8 Å². The summed E-state index contributed by atoms with van der Waals surface area (Å²) in [6, 6.07) is 6.29. The van der Waals surface area contributed by atoms with Crippen molar-refractivity contribution in [3.63, 3.8) is 0 Å². The molecule has 0 amide bonds. The van der Waals surface area contributed by atoms with Gasteiger partial charge in [-0.25, -0.2) is 0 Å². The van der Waals surface area contributed by atoms with E-state index in [0.29, 0.717) is 0 Å². The summed E-state index contributed by atoms with van der Waals surface area (Å²) in [6.45, 7) is 0.